The van der Waals surface area contributed by atoms with Gasteiger partial charge in [-0.2, -0.15) is 26.3 Å². The number of alkyl halides is 6. The van der Waals surface area contributed by atoms with E-state index in [1.54, 1.807) is 0 Å². The van der Waals surface area contributed by atoms with Crippen LogP contribution in [0.2, 0.25) is 0 Å². The highest BCUT2D eigenvalue weighted by molar-refractivity contribution is 6.00. The first-order valence-electron chi connectivity index (χ1n) is 8.49. The normalized spacial score (nSPS) is 24.7. The van der Waals surface area contributed by atoms with Crippen LogP contribution in [0.5, 0.6) is 0 Å². The van der Waals surface area contributed by atoms with Crippen LogP contribution in [0.25, 0.3) is 0 Å². The van der Waals surface area contributed by atoms with Crippen LogP contribution in [0.15, 0.2) is 54.6 Å². The molecule has 1 aliphatic heterocycles. The van der Waals surface area contributed by atoms with E-state index in [2.05, 4.69) is 0 Å². The van der Waals surface area contributed by atoms with Crippen molar-refractivity contribution in [3.8, 4) is 0 Å². The van der Waals surface area contributed by atoms with Crippen LogP contribution in [0.4, 0.5) is 31.1 Å². The number of nitrogens with one attached hydrogen (secondary N) is 2. The molecule has 0 saturated carbocycles. The second-order valence-corrected chi connectivity index (χ2v) is 6.63. The molecule has 2 aromatic carbocycles. The number of amides is 2. The molecular formula is C19H14F6N2O3. The molecule has 160 valence electrons. The molecule has 2 amide bonds. The molecule has 1 saturated heterocycles. The molecule has 3 atom stereocenters. The average Bonchev–Trinajstić information content (AvgIpc) is 2.66. The first-order valence-corrected chi connectivity index (χ1v) is 8.49. The summed E-state index contributed by atoms with van der Waals surface area (Å²) in [6.45, 7) is 0. The van der Waals surface area contributed by atoms with Gasteiger partial charge in [0, 0.05) is 5.56 Å². The minimum absolute atomic E-state index is 0.280. The standard InChI is InChI=1S/C19H14F6N2O3/c20-18(21,22)12-9-5-4-8-11(12)14-13(15(28)10-6-2-1-3-7-10)17(30,19(23,24)25)27-16(29)26-14/h1-9,13-14,30H,(H2,26,27,29). The van der Waals surface area contributed by atoms with E-state index in [1.165, 1.54) is 23.5 Å². The Balaban J connectivity index is 2.25. The van der Waals surface area contributed by atoms with Gasteiger partial charge in [-0.05, 0) is 11.6 Å². The molecule has 30 heavy (non-hydrogen) atoms. The fourth-order valence-electron chi connectivity index (χ4n) is 3.41. The zero-order valence-electron chi connectivity index (χ0n) is 14.9. The number of aliphatic hydroxyl groups is 1. The van der Waals surface area contributed by atoms with Crippen LogP contribution in [-0.2, 0) is 6.18 Å². The molecule has 1 aliphatic rings. The number of rotatable bonds is 3. The third-order valence-electron chi connectivity index (χ3n) is 4.75. The minimum atomic E-state index is -5.56. The zero-order valence-corrected chi connectivity index (χ0v) is 14.9. The van der Waals surface area contributed by atoms with E-state index in [4.69, 9.17) is 0 Å². The molecule has 5 nitrogen and oxygen atoms in total. The summed E-state index contributed by atoms with van der Waals surface area (Å²) in [4.78, 5) is 24.9. The lowest BCUT2D eigenvalue weighted by molar-refractivity contribution is -0.287. The molecule has 3 rings (SSSR count). The Labute approximate surface area is 165 Å². The number of halogens is 6. The highest BCUT2D eigenvalue weighted by Crippen LogP contribution is 2.46. The highest BCUT2D eigenvalue weighted by atomic mass is 19.4. The maximum absolute atomic E-state index is 13.8. The predicted octanol–water partition coefficient (Wildman–Crippen LogP) is 3.81. The van der Waals surface area contributed by atoms with Crippen molar-refractivity contribution < 1.29 is 41.0 Å². The third kappa shape index (κ3) is 3.72. The molecule has 2 aromatic rings. The van der Waals surface area contributed by atoms with Crippen molar-refractivity contribution in [2.75, 3.05) is 0 Å². The quantitative estimate of drug-likeness (QED) is 0.510. The largest absolute Gasteiger partial charge is 0.437 e. The number of hydrogen-bond donors (Lipinski definition) is 3. The molecule has 0 aliphatic carbocycles. The van der Waals surface area contributed by atoms with Crippen LogP contribution in [-0.4, -0.2) is 28.8 Å². The lowest BCUT2D eigenvalue weighted by Crippen LogP contribution is -2.72. The van der Waals surface area contributed by atoms with Crippen molar-refractivity contribution in [2.45, 2.75) is 24.1 Å². The Morgan fingerprint density at radius 3 is 2.07 bits per heavy atom. The second-order valence-electron chi connectivity index (χ2n) is 6.63. The fourth-order valence-corrected chi connectivity index (χ4v) is 3.41. The number of carbonyl (C=O) groups is 2. The predicted molar refractivity (Wildman–Crippen MR) is 91.1 cm³/mol. The second kappa shape index (κ2) is 7.31. The van der Waals surface area contributed by atoms with Gasteiger partial charge < -0.3 is 15.7 Å². The van der Waals surface area contributed by atoms with E-state index in [0.717, 1.165) is 30.3 Å². The fraction of sp³-hybridized carbons (Fsp3) is 0.263. The third-order valence-corrected chi connectivity index (χ3v) is 4.75. The van der Waals surface area contributed by atoms with Crippen molar-refractivity contribution >= 4 is 11.8 Å². The Morgan fingerprint density at radius 2 is 1.50 bits per heavy atom. The number of urea groups is 1. The van der Waals surface area contributed by atoms with Crippen molar-refractivity contribution in [3.05, 3.63) is 71.3 Å². The average molecular weight is 432 g/mol. The lowest BCUT2D eigenvalue weighted by Gasteiger charge is -2.45. The molecule has 11 heteroatoms. The monoisotopic (exact) mass is 432 g/mol. The topological polar surface area (TPSA) is 78.4 Å². The van der Waals surface area contributed by atoms with Gasteiger partial charge in [0.2, 0.25) is 5.72 Å². The van der Waals surface area contributed by atoms with Crippen LogP contribution < -0.4 is 10.6 Å². The lowest BCUT2D eigenvalue weighted by atomic mass is 9.76. The van der Waals surface area contributed by atoms with Gasteiger partial charge in [0.05, 0.1) is 11.6 Å². The van der Waals surface area contributed by atoms with Crippen LogP contribution >= 0.6 is 0 Å². The molecule has 0 aromatic heterocycles. The van der Waals surface area contributed by atoms with Crippen LogP contribution in [0.3, 0.4) is 0 Å². The number of ketones is 1. The molecular weight excluding hydrogens is 418 g/mol. The number of Topliss-reactive ketones (excluding diaryl/α,β-unsaturated/α-hetero) is 1. The molecule has 0 spiro atoms. The van der Waals surface area contributed by atoms with Crippen molar-refractivity contribution in [3.63, 3.8) is 0 Å². The summed E-state index contributed by atoms with van der Waals surface area (Å²) in [6.07, 6.45) is -10.5. The number of carbonyl (C=O) groups excluding carboxylic acids is 2. The minimum Gasteiger partial charge on any atom is -0.363 e. The zero-order chi connectivity index (χ0) is 22.3. The summed E-state index contributed by atoms with van der Waals surface area (Å²) in [7, 11) is 0. The Kier molecular flexibility index (Phi) is 5.27. The SMILES string of the molecule is O=C1NC(c2ccccc2C(F)(F)F)C(C(=O)c2ccccc2)C(O)(C(F)(F)F)N1. The molecule has 3 N–H and O–H groups in total. The van der Waals surface area contributed by atoms with Crippen molar-refractivity contribution in [1.29, 1.82) is 0 Å². The Morgan fingerprint density at radius 1 is 0.933 bits per heavy atom. The Hall–Kier alpha value is -3.08. The summed E-state index contributed by atoms with van der Waals surface area (Å²) in [5.41, 5.74) is -6.51. The van der Waals surface area contributed by atoms with Gasteiger partial charge in [-0.3, -0.25) is 4.79 Å². The molecule has 1 fully saturated rings. The molecule has 1 heterocycles. The van der Waals surface area contributed by atoms with Gasteiger partial charge in [0.15, 0.2) is 5.78 Å². The van der Waals surface area contributed by atoms with Crippen molar-refractivity contribution in [1.82, 2.24) is 10.6 Å². The number of hydrogen-bond acceptors (Lipinski definition) is 3. The number of benzene rings is 2. The summed E-state index contributed by atoms with van der Waals surface area (Å²) in [5, 5.41) is 13.6. The first-order chi connectivity index (χ1) is 13.9. The van der Waals surface area contributed by atoms with E-state index in [1.807, 2.05) is 5.32 Å². The van der Waals surface area contributed by atoms with E-state index in [-0.39, 0.29) is 5.56 Å². The van der Waals surface area contributed by atoms with E-state index < -0.39 is 53.0 Å². The summed E-state index contributed by atoms with van der Waals surface area (Å²) in [6, 6.07) is 6.37. The molecule has 3 unspecified atom stereocenters. The first kappa shape index (κ1) is 21.6. The van der Waals surface area contributed by atoms with E-state index >= 15 is 0 Å². The van der Waals surface area contributed by atoms with E-state index in [9.17, 15) is 41.0 Å². The smallest absolute Gasteiger partial charge is 0.363 e. The maximum Gasteiger partial charge on any atom is 0.437 e. The van der Waals surface area contributed by atoms with Crippen LogP contribution in [0, 0.1) is 5.92 Å². The van der Waals surface area contributed by atoms with Gasteiger partial charge in [0.25, 0.3) is 0 Å². The summed E-state index contributed by atoms with van der Waals surface area (Å²) < 4.78 is 81.8. The molecule has 0 radical (unpaired) electrons. The Bertz CT molecular complexity index is 961. The maximum atomic E-state index is 13.8. The van der Waals surface area contributed by atoms with Gasteiger partial charge in [-0.25, -0.2) is 4.79 Å². The molecule has 0 bridgehead atoms. The highest BCUT2D eigenvalue weighted by Gasteiger charge is 2.66. The van der Waals surface area contributed by atoms with Gasteiger partial charge in [-0.1, -0.05) is 48.5 Å². The van der Waals surface area contributed by atoms with Gasteiger partial charge in [0.1, 0.15) is 5.92 Å². The van der Waals surface area contributed by atoms with Crippen molar-refractivity contribution in [2.24, 2.45) is 5.92 Å². The summed E-state index contributed by atoms with van der Waals surface area (Å²) >= 11 is 0. The van der Waals surface area contributed by atoms with E-state index in [0.29, 0.717) is 6.07 Å². The van der Waals surface area contributed by atoms with Crippen LogP contribution in [0.1, 0.15) is 27.5 Å². The van der Waals surface area contributed by atoms with Gasteiger partial charge in [-0.15, -0.1) is 0 Å². The van der Waals surface area contributed by atoms with Gasteiger partial charge >= 0.3 is 18.4 Å². The summed E-state index contributed by atoms with van der Waals surface area (Å²) in [5.74, 6) is -3.84.